The Hall–Kier alpha value is -4.61. The standard InChI is InChI=1S/C32H40N4O8/c1-31(2,3)42-28(38)34-27(35-29(39)43-32(4,5)6)33-17-11-12-20-18-26(37)44-36(20)30(40)41-19-25-23-15-9-7-13-21(23)22-14-8-10-16-24(22)25/h7-10,13-16,20,25H,11-12,17-19H2,1-6H3,(H2,33,34,35,38,39)/t20-/m0/s1. The zero-order chi connectivity index (χ0) is 32.1. The number of hydrogen-bond donors (Lipinski definition) is 2. The van der Waals surface area contributed by atoms with Gasteiger partial charge >= 0.3 is 24.2 Å². The fraction of sp³-hybridized carbons (Fsp3) is 0.469. The number of alkyl carbamates (subject to hydrolysis) is 2. The van der Waals surface area contributed by atoms with Gasteiger partial charge in [0.2, 0.25) is 5.96 Å². The molecule has 12 nitrogen and oxygen atoms in total. The van der Waals surface area contributed by atoms with Gasteiger partial charge in [0.1, 0.15) is 17.8 Å². The minimum Gasteiger partial charge on any atom is -0.446 e. The molecule has 0 bridgehead atoms. The lowest BCUT2D eigenvalue weighted by atomic mass is 9.98. The summed E-state index contributed by atoms with van der Waals surface area (Å²) in [6.45, 7) is 10.5. The van der Waals surface area contributed by atoms with E-state index in [4.69, 9.17) is 19.0 Å². The van der Waals surface area contributed by atoms with Gasteiger partial charge in [-0.15, -0.1) is 5.06 Å². The molecule has 2 N–H and O–H groups in total. The predicted octanol–water partition coefficient (Wildman–Crippen LogP) is 5.65. The lowest BCUT2D eigenvalue weighted by Crippen LogP contribution is -2.47. The number of hydroxylamine groups is 2. The van der Waals surface area contributed by atoms with E-state index in [-0.39, 0.29) is 31.4 Å². The van der Waals surface area contributed by atoms with Crippen molar-refractivity contribution in [1.29, 1.82) is 0 Å². The molecule has 1 aliphatic carbocycles. The molecule has 1 aliphatic heterocycles. The van der Waals surface area contributed by atoms with Crippen LogP contribution in [0.1, 0.15) is 77.8 Å². The van der Waals surface area contributed by atoms with Crippen LogP contribution in [-0.4, -0.2) is 65.7 Å². The summed E-state index contributed by atoms with van der Waals surface area (Å²) in [7, 11) is 0. The Labute approximate surface area is 257 Å². The van der Waals surface area contributed by atoms with Gasteiger partial charge in [-0.2, -0.15) is 0 Å². The molecular formula is C32H40N4O8. The van der Waals surface area contributed by atoms with Crippen molar-refractivity contribution in [1.82, 2.24) is 15.7 Å². The van der Waals surface area contributed by atoms with E-state index in [1.165, 1.54) is 0 Å². The van der Waals surface area contributed by atoms with Gasteiger partial charge in [-0.25, -0.2) is 19.2 Å². The number of carbonyl (C=O) groups is 4. The van der Waals surface area contributed by atoms with E-state index in [2.05, 4.69) is 15.6 Å². The first-order chi connectivity index (χ1) is 20.7. The van der Waals surface area contributed by atoms with Crippen molar-refractivity contribution in [2.75, 3.05) is 13.2 Å². The first-order valence-electron chi connectivity index (χ1n) is 14.6. The van der Waals surface area contributed by atoms with Crippen LogP contribution in [0.3, 0.4) is 0 Å². The number of rotatable bonds is 6. The quantitative estimate of drug-likeness (QED) is 0.185. The maximum absolute atomic E-state index is 13.1. The van der Waals surface area contributed by atoms with Crippen LogP contribution < -0.4 is 10.6 Å². The van der Waals surface area contributed by atoms with Crippen LogP contribution in [0.15, 0.2) is 53.5 Å². The van der Waals surface area contributed by atoms with Crippen LogP contribution in [0.4, 0.5) is 14.4 Å². The molecule has 44 heavy (non-hydrogen) atoms. The molecule has 3 amide bonds. The van der Waals surface area contributed by atoms with E-state index in [0.29, 0.717) is 12.8 Å². The Morgan fingerprint density at radius 3 is 1.93 bits per heavy atom. The van der Waals surface area contributed by atoms with Crippen molar-refractivity contribution >= 4 is 30.2 Å². The summed E-state index contributed by atoms with van der Waals surface area (Å²) < 4.78 is 16.2. The van der Waals surface area contributed by atoms with E-state index in [9.17, 15) is 19.2 Å². The maximum Gasteiger partial charge on any atom is 0.443 e. The molecule has 1 atom stereocenters. The number of amides is 3. The number of ether oxygens (including phenoxy) is 3. The molecule has 0 unspecified atom stereocenters. The highest BCUT2D eigenvalue weighted by Gasteiger charge is 2.38. The molecular weight excluding hydrogens is 568 g/mol. The second-order valence-corrected chi connectivity index (χ2v) is 12.6. The van der Waals surface area contributed by atoms with Gasteiger partial charge in [0, 0.05) is 12.5 Å². The summed E-state index contributed by atoms with van der Waals surface area (Å²) in [6.07, 6.45) is -1.60. The molecule has 2 aromatic rings. The average molecular weight is 609 g/mol. The Morgan fingerprint density at radius 2 is 1.41 bits per heavy atom. The summed E-state index contributed by atoms with van der Waals surface area (Å²) in [5.74, 6) is -0.822. The SMILES string of the molecule is CC(C)(C)OC(=O)NC(=NCCC[C@H]1CC(=O)ON1C(=O)OCC1c2ccccc2-c2ccccc21)NC(=O)OC(C)(C)C. The predicted molar refractivity (Wildman–Crippen MR) is 162 cm³/mol. The average Bonchev–Trinajstić information content (AvgIpc) is 3.45. The minimum absolute atomic E-state index is 0.00703. The Morgan fingerprint density at radius 1 is 0.886 bits per heavy atom. The van der Waals surface area contributed by atoms with E-state index >= 15 is 0 Å². The van der Waals surface area contributed by atoms with Gasteiger partial charge in [0.05, 0.1) is 12.5 Å². The monoisotopic (exact) mass is 608 g/mol. The van der Waals surface area contributed by atoms with Crippen LogP contribution >= 0.6 is 0 Å². The summed E-state index contributed by atoms with van der Waals surface area (Å²) >= 11 is 0. The normalized spacial score (nSPS) is 15.9. The first kappa shape index (κ1) is 32.3. The lowest BCUT2D eigenvalue weighted by molar-refractivity contribution is -0.167. The Kier molecular flexibility index (Phi) is 9.81. The highest BCUT2D eigenvalue weighted by molar-refractivity contribution is 6.01. The number of benzene rings is 2. The van der Waals surface area contributed by atoms with Gasteiger partial charge in [-0.1, -0.05) is 48.5 Å². The van der Waals surface area contributed by atoms with E-state index < -0.39 is 41.5 Å². The van der Waals surface area contributed by atoms with Crippen LogP contribution in [0.2, 0.25) is 0 Å². The van der Waals surface area contributed by atoms with Crippen molar-refractivity contribution in [2.24, 2.45) is 4.99 Å². The highest BCUT2D eigenvalue weighted by atomic mass is 16.8. The molecule has 2 aromatic carbocycles. The van der Waals surface area contributed by atoms with Crippen LogP contribution in [0.25, 0.3) is 11.1 Å². The van der Waals surface area contributed by atoms with E-state index in [0.717, 1.165) is 27.3 Å². The molecule has 1 fully saturated rings. The second kappa shape index (κ2) is 13.4. The fourth-order valence-corrected chi connectivity index (χ4v) is 4.99. The number of fused-ring (bicyclic) bond motifs is 3. The molecule has 1 saturated heterocycles. The smallest absolute Gasteiger partial charge is 0.443 e. The van der Waals surface area contributed by atoms with Crippen molar-refractivity contribution in [3.8, 4) is 11.1 Å². The zero-order valence-electron chi connectivity index (χ0n) is 26.0. The number of guanidine groups is 1. The number of aliphatic imine (C=N–C) groups is 1. The minimum atomic E-state index is -0.802. The van der Waals surface area contributed by atoms with Crippen molar-refractivity contribution in [3.63, 3.8) is 0 Å². The van der Waals surface area contributed by atoms with Gasteiger partial charge in [0.25, 0.3) is 0 Å². The molecule has 0 aromatic heterocycles. The largest absolute Gasteiger partial charge is 0.446 e. The first-order valence-corrected chi connectivity index (χ1v) is 14.6. The topological polar surface area (TPSA) is 145 Å². The summed E-state index contributed by atoms with van der Waals surface area (Å²) in [5, 5.41) is 5.83. The summed E-state index contributed by atoms with van der Waals surface area (Å²) in [6, 6.07) is 15.5. The maximum atomic E-state index is 13.1. The molecule has 0 saturated carbocycles. The van der Waals surface area contributed by atoms with Crippen LogP contribution in [0, 0.1) is 0 Å². The highest BCUT2D eigenvalue weighted by Crippen LogP contribution is 2.44. The van der Waals surface area contributed by atoms with Crippen molar-refractivity contribution < 1.29 is 38.2 Å². The molecule has 1 heterocycles. The third-order valence-corrected chi connectivity index (χ3v) is 6.65. The van der Waals surface area contributed by atoms with E-state index in [1.807, 2.05) is 48.5 Å². The van der Waals surface area contributed by atoms with Crippen molar-refractivity contribution in [2.45, 2.75) is 84.0 Å². The van der Waals surface area contributed by atoms with Crippen molar-refractivity contribution in [3.05, 3.63) is 59.7 Å². The zero-order valence-corrected chi connectivity index (χ0v) is 26.0. The number of nitrogens with zero attached hydrogens (tertiary/aromatic N) is 2. The molecule has 4 rings (SSSR count). The van der Waals surface area contributed by atoms with Crippen LogP contribution in [-0.2, 0) is 23.8 Å². The Bertz CT molecular complexity index is 1350. The van der Waals surface area contributed by atoms with Gasteiger partial charge in [-0.05, 0) is 76.6 Å². The third kappa shape index (κ3) is 8.71. The second-order valence-electron chi connectivity index (χ2n) is 12.6. The van der Waals surface area contributed by atoms with Gasteiger partial charge < -0.3 is 19.0 Å². The molecule has 0 radical (unpaired) electrons. The summed E-state index contributed by atoms with van der Waals surface area (Å²) in [4.78, 5) is 59.3. The number of carbonyl (C=O) groups excluding carboxylic acids is 4. The fourth-order valence-electron chi connectivity index (χ4n) is 4.99. The molecule has 12 heteroatoms. The van der Waals surface area contributed by atoms with E-state index in [1.54, 1.807) is 41.5 Å². The molecule has 0 spiro atoms. The lowest BCUT2D eigenvalue weighted by Gasteiger charge is -2.22. The number of nitrogens with one attached hydrogen (secondary N) is 2. The molecule has 2 aliphatic rings. The number of hydrogen-bond acceptors (Lipinski definition) is 9. The van der Waals surface area contributed by atoms with Gasteiger partial charge in [-0.3, -0.25) is 15.6 Å². The molecule has 236 valence electrons. The third-order valence-electron chi connectivity index (χ3n) is 6.65. The van der Waals surface area contributed by atoms with Gasteiger partial charge in [0.15, 0.2) is 0 Å². The Balaban J connectivity index is 1.35. The summed E-state index contributed by atoms with van der Waals surface area (Å²) in [5.41, 5.74) is 2.83. The van der Waals surface area contributed by atoms with Crippen LogP contribution in [0.5, 0.6) is 0 Å².